The fourth-order valence-corrected chi connectivity index (χ4v) is 6.02. The summed E-state index contributed by atoms with van der Waals surface area (Å²) in [5, 5.41) is 13.6. The van der Waals surface area contributed by atoms with Gasteiger partial charge in [0, 0.05) is 38.5 Å². The summed E-state index contributed by atoms with van der Waals surface area (Å²) in [5.74, 6) is -0.772. The van der Waals surface area contributed by atoms with Crippen LogP contribution in [0.2, 0.25) is 0 Å². The van der Waals surface area contributed by atoms with Crippen molar-refractivity contribution >= 4 is 11.7 Å². The highest BCUT2D eigenvalue weighted by molar-refractivity contribution is 5.76. The molecule has 1 aromatic heterocycles. The highest BCUT2D eigenvalue weighted by atomic mass is 19.1. The van der Waals surface area contributed by atoms with Gasteiger partial charge in [0.2, 0.25) is 0 Å². The van der Waals surface area contributed by atoms with E-state index in [9.17, 15) is 14.3 Å². The topological polar surface area (TPSA) is 83.9 Å². The van der Waals surface area contributed by atoms with Gasteiger partial charge < -0.3 is 19.9 Å². The van der Waals surface area contributed by atoms with E-state index in [2.05, 4.69) is 24.4 Å². The van der Waals surface area contributed by atoms with Crippen molar-refractivity contribution in [2.75, 3.05) is 38.2 Å². The molecule has 0 bridgehead atoms. The van der Waals surface area contributed by atoms with Crippen molar-refractivity contribution in [3.8, 4) is 0 Å². The number of fused-ring (bicyclic) bond motifs is 1. The molecule has 0 amide bonds. The monoisotopic (exact) mass is 525 g/mol. The standard InChI is InChI=1S/C30H40FN3O4/c1-20-16-27-26(32-18-20)11-9-22(33-27)6-2-4-14-37-23-12-13-34(19-23)29(30(35)36)25-17-21(31)8-10-24(25)28-7-3-5-15-38-28/h8-11,17,20,23,28-29,32H,2-7,12-16,18-19H2,1H3,(H,35,36)/t20?,23-,28+,29?/m1/s1. The minimum Gasteiger partial charge on any atom is -0.480 e. The molecule has 2 fully saturated rings. The van der Waals surface area contributed by atoms with Gasteiger partial charge in [-0.05, 0) is 92.7 Å². The SMILES string of the molecule is CC1CNc2ccc(CCCCO[C@@H]3CCN(C(C(=O)O)c4cc(F)ccc4[C@@H]4CCCCO4)C3)nc2C1. The maximum absolute atomic E-state index is 14.3. The van der Waals surface area contributed by atoms with E-state index in [1.807, 2.05) is 4.90 Å². The van der Waals surface area contributed by atoms with Crippen LogP contribution in [0.5, 0.6) is 0 Å². The summed E-state index contributed by atoms with van der Waals surface area (Å²) in [7, 11) is 0. The van der Waals surface area contributed by atoms with Crippen molar-refractivity contribution in [1.82, 2.24) is 9.88 Å². The molecule has 3 aliphatic heterocycles. The predicted octanol–water partition coefficient (Wildman–Crippen LogP) is 5.31. The van der Waals surface area contributed by atoms with Crippen LogP contribution in [0.25, 0.3) is 0 Å². The summed E-state index contributed by atoms with van der Waals surface area (Å²) in [6.07, 6.45) is 7.30. The van der Waals surface area contributed by atoms with Gasteiger partial charge in [-0.15, -0.1) is 0 Å². The molecule has 8 heteroatoms. The number of anilines is 1. The van der Waals surface area contributed by atoms with E-state index >= 15 is 0 Å². The number of carboxylic acid groups (broad SMARTS) is 1. The number of benzene rings is 1. The summed E-state index contributed by atoms with van der Waals surface area (Å²) >= 11 is 0. The van der Waals surface area contributed by atoms with Crippen LogP contribution >= 0.6 is 0 Å². The van der Waals surface area contributed by atoms with Crippen LogP contribution < -0.4 is 5.32 Å². The molecule has 2 unspecified atom stereocenters. The van der Waals surface area contributed by atoms with Gasteiger partial charge >= 0.3 is 5.97 Å². The molecular formula is C30H40FN3O4. The lowest BCUT2D eigenvalue weighted by Gasteiger charge is -2.30. The zero-order valence-corrected chi connectivity index (χ0v) is 22.3. The third kappa shape index (κ3) is 6.53. The minimum atomic E-state index is -0.963. The third-order valence-corrected chi connectivity index (χ3v) is 8.04. The quantitative estimate of drug-likeness (QED) is 0.407. The molecular weight excluding hydrogens is 485 g/mol. The fourth-order valence-electron chi connectivity index (χ4n) is 6.02. The molecule has 4 heterocycles. The lowest BCUT2D eigenvalue weighted by atomic mass is 9.92. The second-order valence-electron chi connectivity index (χ2n) is 11.1. The molecule has 2 saturated heterocycles. The summed E-state index contributed by atoms with van der Waals surface area (Å²) in [6.45, 7) is 5.67. The molecule has 2 N–H and O–H groups in total. The van der Waals surface area contributed by atoms with Crippen molar-refractivity contribution < 1.29 is 23.8 Å². The van der Waals surface area contributed by atoms with Gasteiger partial charge in [-0.2, -0.15) is 0 Å². The van der Waals surface area contributed by atoms with Crippen LogP contribution in [-0.2, 0) is 27.1 Å². The molecule has 0 spiro atoms. The molecule has 4 atom stereocenters. The number of nitrogens with zero attached hydrogens (tertiary/aromatic N) is 2. The van der Waals surface area contributed by atoms with E-state index in [0.717, 1.165) is 74.9 Å². The summed E-state index contributed by atoms with van der Waals surface area (Å²) in [6, 6.07) is 7.84. The number of likely N-dealkylation sites (tertiary alicyclic amines) is 1. The number of aromatic nitrogens is 1. The normalized spacial score (nSPS) is 24.5. The van der Waals surface area contributed by atoms with Crippen molar-refractivity contribution in [3.05, 3.63) is 58.7 Å². The Hall–Kier alpha value is -2.55. The first-order valence-electron chi connectivity index (χ1n) is 14.2. The Kier molecular flexibility index (Phi) is 8.92. The molecule has 2 aromatic rings. The number of ether oxygens (including phenoxy) is 2. The molecule has 1 aromatic carbocycles. The smallest absolute Gasteiger partial charge is 0.325 e. The number of aliphatic carboxylic acids is 1. The van der Waals surface area contributed by atoms with Gasteiger partial charge in [-0.25, -0.2) is 4.39 Å². The molecule has 0 radical (unpaired) electrons. The van der Waals surface area contributed by atoms with Gasteiger partial charge in [0.1, 0.15) is 11.9 Å². The van der Waals surface area contributed by atoms with E-state index in [0.29, 0.717) is 37.8 Å². The van der Waals surface area contributed by atoms with Gasteiger partial charge in [0.25, 0.3) is 0 Å². The van der Waals surface area contributed by atoms with Gasteiger partial charge in [-0.1, -0.05) is 13.0 Å². The number of carbonyl (C=O) groups is 1. The number of unbranched alkanes of at least 4 members (excludes halogenated alkanes) is 1. The van der Waals surface area contributed by atoms with Gasteiger partial charge in [-0.3, -0.25) is 14.7 Å². The molecule has 7 nitrogen and oxygen atoms in total. The Bertz CT molecular complexity index is 1110. The van der Waals surface area contributed by atoms with Crippen LogP contribution in [0.3, 0.4) is 0 Å². The number of carboxylic acids is 1. The van der Waals surface area contributed by atoms with Crippen molar-refractivity contribution in [2.24, 2.45) is 5.92 Å². The van der Waals surface area contributed by atoms with Crippen LogP contribution in [0.15, 0.2) is 30.3 Å². The first-order chi connectivity index (χ1) is 18.5. The van der Waals surface area contributed by atoms with E-state index in [4.69, 9.17) is 14.5 Å². The summed E-state index contributed by atoms with van der Waals surface area (Å²) in [4.78, 5) is 19.2. The van der Waals surface area contributed by atoms with Gasteiger partial charge in [0.05, 0.1) is 23.6 Å². The molecule has 0 saturated carbocycles. The molecule has 5 rings (SSSR count). The van der Waals surface area contributed by atoms with E-state index in [1.165, 1.54) is 17.8 Å². The average molecular weight is 526 g/mol. The number of pyridine rings is 1. The third-order valence-electron chi connectivity index (χ3n) is 8.04. The maximum Gasteiger partial charge on any atom is 0.325 e. The van der Waals surface area contributed by atoms with Crippen molar-refractivity contribution in [2.45, 2.75) is 76.5 Å². The Morgan fingerprint density at radius 3 is 2.97 bits per heavy atom. The largest absolute Gasteiger partial charge is 0.480 e. The molecule has 3 aliphatic rings. The average Bonchev–Trinajstić information content (AvgIpc) is 3.37. The minimum absolute atomic E-state index is 0.0192. The second-order valence-corrected chi connectivity index (χ2v) is 11.1. The van der Waals surface area contributed by atoms with E-state index in [-0.39, 0.29) is 12.2 Å². The first-order valence-corrected chi connectivity index (χ1v) is 14.2. The molecule has 206 valence electrons. The second kappa shape index (κ2) is 12.5. The van der Waals surface area contributed by atoms with E-state index in [1.54, 1.807) is 6.07 Å². The zero-order valence-electron chi connectivity index (χ0n) is 22.3. The fraction of sp³-hybridized carbons (Fsp3) is 0.600. The molecule has 38 heavy (non-hydrogen) atoms. The number of aryl methyl sites for hydroxylation is 1. The van der Waals surface area contributed by atoms with Gasteiger partial charge in [0.15, 0.2) is 0 Å². The van der Waals surface area contributed by atoms with Crippen LogP contribution in [-0.4, -0.2) is 59.9 Å². The van der Waals surface area contributed by atoms with Crippen molar-refractivity contribution in [1.29, 1.82) is 0 Å². The number of halogens is 1. The van der Waals surface area contributed by atoms with Crippen LogP contribution in [0.4, 0.5) is 10.1 Å². The number of hydrogen-bond donors (Lipinski definition) is 2. The summed E-state index contributed by atoms with van der Waals surface area (Å²) < 4.78 is 26.4. The van der Waals surface area contributed by atoms with Crippen LogP contribution in [0.1, 0.15) is 80.1 Å². The Labute approximate surface area is 224 Å². The van der Waals surface area contributed by atoms with E-state index < -0.39 is 17.8 Å². The molecule has 0 aliphatic carbocycles. The Morgan fingerprint density at radius 2 is 2.16 bits per heavy atom. The Morgan fingerprint density at radius 1 is 1.26 bits per heavy atom. The lowest BCUT2D eigenvalue weighted by Crippen LogP contribution is -2.34. The number of hydrogen-bond acceptors (Lipinski definition) is 6. The first kappa shape index (κ1) is 27.0. The highest BCUT2D eigenvalue weighted by Crippen LogP contribution is 2.36. The summed E-state index contributed by atoms with van der Waals surface area (Å²) in [5.41, 5.74) is 4.77. The highest BCUT2D eigenvalue weighted by Gasteiger charge is 2.36. The number of rotatable bonds is 10. The maximum atomic E-state index is 14.3. The lowest BCUT2D eigenvalue weighted by molar-refractivity contribution is -0.143. The van der Waals surface area contributed by atoms with Crippen LogP contribution in [0, 0.1) is 11.7 Å². The number of nitrogens with one attached hydrogen (secondary N) is 1. The Balaban J connectivity index is 1.13. The predicted molar refractivity (Wildman–Crippen MR) is 144 cm³/mol. The zero-order chi connectivity index (χ0) is 26.5. The van der Waals surface area contributed by atoms with Crippen molar-refractivity contribution in [3.63, 3.8) is 0 Å².